The third-order valence-corrected chi connectivity index (χ3v) is 2.81. The van der Waals surface area contributed by atoms with E-state index in [-0.39, 0.29) is 19.1 Å². The largest absolute Gasteiger partial charge is 0.493 e. The first-order valence-electron chi connectivity index (χ1n) is 6.56. The Bertz CT molecular complexity index is 420. The average molecular weight is 293 g/mol. The molecule has 6 heteroatoms. The van der Waals surface area contributed by atoms with Gasteiger partial charge in [-0.25, -0.2) is 4.39 Å². The number of alkyl halides is 3. The zero-order valence-corrected chi connectivity index (χ0v) is 11.6. The molecular weight excluding hydrogens is 274 g/mol. The first-order chi connectivity index (χ1) is 9.33. The highest BCUT2D eigenvalue weighted by atomic mass is 19.4. The van der Waals surface area contributed by atoms with Gasteiger partial charge in [0.25, 0.3) is 0 Å². The molecule has 2 nitrogen and oxygen atoms in total. The van der Waals surface area contributed by atoms with Crippen LogP contribution in [0.5, 0.6) is 5.75 Å². The van der Waals surface area contributed by atoms with Crippen molar-refractivity contribution in [2.45, 2.75) is 38.9 Å². The first-order valence-corrected chi connectivity index (χ1v) is 6.56. The summed E-state index contributed by atoms with van der Waals surface area (Å²) < 4.78 is 54.6. The van der Waals surface area contributed by atoms with E-state index in [4.69, 9.17) is 4.74 Å². The van der Waals surface area contributed by atoms with E-state index in [2.05, 4.69) is 5.32 Å². The molecule has 0 aromatic heterocycles. The highest BCUT2D eigenvalue weighted by molar-refractivity contribution is 5.36. The number of hydrogen-bond acceptors (Lipinski definition) is 2. The molecule has 1 unspecified atom stereocenters. The van der Waals surface area contributed by atoms with Crippen molar-refractivity contribution in [1.82, 2.24) is 5.32 Å². The monoisotopic (exact) mass is 293 g/mol. The van der Waals surface area contributed by atoms with Gasteiger partial charge in [-0.15, -0.1) is 0 Å². The van der Waals surface area contributed by atoms with E-state index < -0.39 is 18.4 Å². The molecule has 0 aliphatic rings. The number of ether oxygens (including phenoxy) is 1. The van der Waals surface area contributed by atoms with Crippen molar-refractivity contribution in [2.75, 3.05) is 13.2 Å². The molecular formula is C14H19F4NO. The smallest absolute Gasteiger partial charge is 0.389 e. The zero-order valence-electron chi connectivity index (χ0n) is 11.6. The van der Waals surface area contributed by atoms with Gasteiger partial charge in [0, 0.05) is 24.1 Å². The minimum absolute atomic E-state index is 0.0572. The summed E-state index contributed by atoms with van der Waals surface area (Å²) in [7, 11) is 0. The lowest BCUT2D eigenvalue weighted by Crippen LogP contribution is -2.19. The lowest BCUT2D eigenvalue weighted by atomic mass is 10.1. The lowest BCUT2D eigenvalue weighted by Gasteiger charge is -2.18. The second-order valence-corrected chi connectivity index (χ2v) is 4.53. The maximum Gasteiger partial charge on any atom is 0.389 e. The molecule has 0 saturated heterocycles. The topological polar surface area (TPSA) is 21.3 Å². The molecule has 1 atom stereocenters. The van der Waals surface area contributed by atoms with Crippen LogP contribution in [0.4, 0.5) is 17.6 Å². The van der Waals surface area contributed by atoms with E-state index >= 15 is 0 Å². The summed E-state index contributed by atoms with van der Waals surface area (Å²) in [5.74, 6) is -0.177. The standard InChI is InChI=1S/C14H19F4NO/c1-3-19-10(2)12-6-5-11(15)9-13(12)20-8-4-7-14(16,17)18/h5-6,9-10,19H,3-4,7-8H2,1-2H3. The van der Waals surface area contributed by atoms with Gasteiger partial charge in [-0.1, -0.05) is 13.0 Å². The summed E-state index contributed by atoms with van der Waals surface area (Å²) in [6.45, 7) is 4.46. The van der Waals surface area contributed by atoms with Gasteiger partial charge in [0.05, 0.1) is 6.61 Å². The quantitative estimate of drug-likeness (QED) is 0.600. The molecule has 1 N–H and O–H groups in total. The molecule has 0 heterocycles. The predicted molar refractivity (Wildman–Crippen MR) is 69.3 cm³/mol. The van der Waals surface area contributed by atoms with Crippen LogP contribution in [-0.2, 0) is 0 Å². The van der Waals surface area contributed by atoms with Crippen LogP contribution in [-0.4, -0.2) is 19.3 Å². The summed E-state index contributed by atoms with van der Waals surface area (Å²) in [4.78, 5) is 0. The third kappa shape index (κ3) is 5.77. The normalized spacial score (nSPS) is 13.3. The Balaban J connectivity index is 2.65. The van der Waals surface area contributed by atoms with E-state index in [9.17, 15) is 17.6 Å². The van der Waals surface area contributed by atoms with Crippen LogP contribution in [0.1, 0.15) is 38.3 Å². The van der Waals surface area contributed by atoms with Crippen LogP contribution in [0.25, 0.3) is 0 Å². The molecule has 0 fully saturated rings. The van der Waals surface area contributed by atoms with Crippen molar-refractivity contribution in [3.8, 4) is 5.75 Å². The highest BCUT2D eigenvalue weighted by Gasteiger charge is 2.26. The average Bonchev–Trinajstić information content (AvgIpc) is 2.34. The summed E-state index contributed by atoms with van der Waals surface area (Å²) in [6.07, 6.45) is -5.24. The maximum atomic E-state index is 13.2. The predicted octanol–water partition coefficient (Wildman–Crippen LogP) is 4.22. The van der Waals surface area contributed by atoms with E-state index in [1.807, 2.05) is 13.8 Å². The number of benzene rings is 1. The Kier molecular flexibility index (Phi) is 6.26. The van der Waals surface area contributed by atoms with Crippen LogP contribution in [0, 0.1) is 5.82 Å². The summed E-state index contributed by atoms with van der Waals surface area (Å²) in [5.41, 5.74) is 0.736. The van der Waals surface area contributed by atoms with Crippen molar-refractivity contribution >= 4 is 0 Å². The fraction of sp³-hybridized carbons (Fsp3) is 0.571. The van der Waals surface area contributed by atoms with Crippen molar-refractivity contribution in [3.05, 3.63) is 29.6 Å². The van der Waals surface area contributed by atoms with Gasteiger partial charge in [-0.3, -0.25) is 0 Å². The maximum absolute atomic E-state index is 13.2. The van der Waals surface area contributed by atoms with Crippen LogP contribution < -0.4 is 10.1 Å². The number of rotatable bonds is 7. The first kappa shape index (κ1) is 16.8. The van der Waals surface area contributed by atoms with Crippen LogP contribution in [0.15, 0.2) is 18.2 Å². The SMILES string of the molecule is CCNC(C)c1ccc(F)cc1OCCCC(F)(F)F. The van der Waals surface area contributed by atoms with E-state index in [0.717, 1.165) is 12.1 Å². The summed E-state index contributed by atoms with van der Waals surface area (Å²) in [5, 5.41) is 3.15. The van der Waals surface area contributed by atoms with Crippen LogP contribution in [0.3, 0.4) is 0 Å². The molecule has 0 aliphatic carbocycles. The van der Waals surface area contributed by atoms with Crippen LogP contribution >= 0.6 is 0 Å². The second-order valence-electron chi connectivity index (χ2n) is 4.53. The summed E-state index contributed by atoms with van der Waals surface area (Å²) >= 11 is 0. The Labute approximate surface area is 116 Å². The zero-order chi connectivity index (χ0) is 15.2. The van der Waals surface area contributed by atoms with Gasteiger partial charge < -0.3 is 10.1 Å². The van der Waals surface area contributed by atoms with Crippen molar-refractivity contribution in [3.63, 3.8) is 0 Å². The Morgan fingerprint density at radius 2 is 2.00 bits per heavy atom. The fourth-order valence-electron chi connectivity index (χ4n) is 1.86. The molecule has 0 radical (unpaired) electrons. The number of nitrogens with one attached hydrogen (secondary N) is 1. The van der Waals surface area contributed by atoms with Gasteiger partial charge in [0.15, 0.2) is 0 Å². The number of hydrogen-bond donors (Lipinski definition) is 1. The molecule has 20 heavy (non-hydrogen) atoms. The van der Waals surface area contributed by atoms with E-state index in [1.54, 1.807) is 6.07 Å². The Morgan fingerprint density at radius 3 is 2.60 bits per heavy atom. The van der Waals surface area contributed by atoms with Gasteiger partial charge >= 0.3 is 6.18 Å². The Hall–Kier alpha value is -1.30. The molecule has 0 spiro atoms. The number of halogens is 4. The van der Waals surface area contributed by atoms with Gasteiger partial charge in [0.1, 0.15) is 11.6 Å². The molecule has 0 amide bonds. The minimum Gasteiger partial charge on any atom is -0.493 e. The summed E-state index contributed by atoms with van der Waals surface area (Å²) in [6, 6.07) is 4.04. The molecule has 0 aliphatic heterocycles. The van der Waals surface area contributed by atoms with Gasteiger partial charge in [0.2, 0.25) is 0 Å². The Morgan fingerprint density at radius 1 is 1.30 bits per heavy atom. The lowest BCUT2D eigenvalue weighted by molar-refractivity contribution is -0.136. The minimum atomic E-state index is -4.19. The molecule has 1 aromatic rings. The van der Waals surface area contributed by atoms with Gasteiger partial charge in [-0.05, 0) is 26.0 Å². The van der Waals surface area contributed by atoms with E-state index in [0.29, 0.717) is 5.75 Å². The molecule has 0 bridgehead atoms. The second kappa shape index (κ2) is 7.47. The third-order valence-electron chi connectivity index (χ3n) is 2.81. The molecule has 0 saturated carbocycles. The molecule has 1 rings (SSSR count). The molecule has 114 valence electrons. The van der Waals surface area contributed by atoms with E-state index in [1.165, 1.54) is 12.1 Å². The van der Waals surface area contributed by atoms with Gasteiger partial charge in [-0.2, -0.15) is 13.2 Å². The van der Waals surface area contributed by atoms with Crippen molar-refractivity contribution in [2.24, 2.45) is 0 Å². The van der Waals surface area contributed by atoms with Crippen LogP contribution in [0.2, 0.25) is 0 Å². The molecule has 1 aromatic carbocycles. The van der Waals surface area contributed by atoms with Crippen molar-refractivity contribution < 1.29 is 22.3 Å². The highest BCUT2D eigenvalue weighted by Crippen LogP contribution is 2.27. The fourth-order valence-corrected chi connectivity index (χ4v) is 1.86. The van der Waals surface area contributed by atoms with Crippen molar-refractivity contribution in [1.29, 1.82) is 0 Å².